The van der Waals surface area contributed by atoms with Crippen LogP contribution in [0.1, 0.15) is 18.9 Å². The summed E-state index contributed by atoms with van der Waals surface area (Å²) in [7, 11) is 0. The summed E-state index contributed by atoms with van der Waals surface area (Å²) in [5, 5.41) is 16.5. The Balaban J connectivity index is 0.000000459. The summed E-state index contributed by atoms with van der Waals surface area (Å²) in [5.74, 6) is 1.29. The second kappa shape index (κ2) is 11.8. The van der Waals surface area contributed by atoms with Gasteiger partial charge in [-0.2, -0.15) is 10.5 Å². The fourth-order valence-electron chi connectivity index (χ4n) is 1.29. The summed E-state index contributed by atoms with van der Waals surface area (Å²) >= 11 is 11.0. The topological polar surface area (TPSA) is 47.6 Å². The summed E-state index contributed by atoms with van der Waals surface area (Å²) < 4.78 is 0. The minimum atomic E-state index is 0.00617. The van der Waals surface area contributed by atoms with Gasteiger partial charge in [-0.1, -0.05) is 30.3 Å². The van der Waals surface area contributed by atoms with Crippen molar-refractivity contribution in [2.75, 3.05) is 11.8 Å². The lowest BCUT2D eigenvalue weighted by Crippen LogP contribution is -2.05. The first kappa shape index (κ1) is 17.8. The molecule has 1 aromatic rings. The Morgan fingerprint density at radius 1 is 1.11 bits per heavy atom. The number of hydrogen-bond acceptors (Lipinski definition) is 2. The van der Waals surface area contributed by atoms with Crippen LogP contribution in [0.2, 0.25) is 0 Å². The molecule has 2 nitrogen and oxygen atoms in total. The van der Waals surface area contributed by atoms with E-state index in [0.717, 1.165) is 6.42 Å². The summed E-state index contributed by atoms with van der Waals surface area (Å²) in [6.45, 7) is 1.78. The largest absolute Gasteiger partial charge is 0.198 e. The summed E-state index contributed by atoms with van der Waals surface area (Å²) in [6.07, 6.45) is 1.44. The van der Waals surface area contributed by atoms with E-state index in [2.05, 4.69) is 18.2 Å². The van der Waals surface area contributed by atoms with Crippen molar-refractivity contribution in [2.24, 2.45) is 11.8 Å². The predicted molar refractivity (Wildman–Crippen MR) is 80.1 cm³/mol. The Bertz CT molecular complexity index is 406. The molecule has 0 amide bonds. The molecule has 0 N–H and O–H groups in total. The number of nitriles is 2. The van der Waals surface area contributed by atoms with E-state index >= 15 is 0 Å². The first-order valence-electron chi connectivity index (χ1n) is 6.10. The van der Waals surface area contributed by atoms with Gasteiger partial charge in [0.1, 0.15) is 0 Å². The number of alkyl halides is 2. The molecule has 0 radical (unpaired) electrons. The summed E-state index contributed by atoms with van der Waals surface area (Å²) in [4.78, 5) is 0. The van der Waals surface area contributed by atoms with Crippen LogP contribution in [-0.2, 0) is 6.42 Å². The van der Waals surface area contributed by atoms with Crippen molar-refractivity contribution in [3.63, 3.8) is 0 Å². The van der Waals surface area contributed by atoms with Gasteiger partial charge < -0.3 is 0 Å². The number of halogens is 2. The monoisotopic (exact) mass is 296 g/mol. The number of rotatable bonds is 5. The van der Waals surface area contributed by atoms with Crippen LogP contribution in [0.3, 0.4) is 0 Å². The fourth-order valence-corrected chi connectivity index (χ4v) is 1.58. The zero-order valence-corrected chi connectivity index (χ0v) is 12.5. The standard InChI is InChI=1S/C11H12ClN.C4H6ClN/c12-9-11(6-7-13)8-10-4-2-1-3-5-10;1-4(2-5)3-6/h1-5,11H,6,8-9H2;4H,2H2,1H3. The highest BCUT2D eigenvalue weighted by atomic mass is 35.5. The van der Waals surface area contributed by atoms with Crippen molar-refractivity contribution in [3.05, 3.63) is 35.9 Å². The van der Waals surface area contributed by atoms with Crippen molar-refractivity contribution >= 4 is 23.2 Å². The second-order valence-electron chi connectivity index (χ2n) is 4.26. The first-order valence-corrected chi connectivity index (χ1v) is 7.17. The molecule has 0 aliphatic heterocycles. The van der Waals surface area contributed by atoms with E-state index in [-0.39, 0.29) is 11.8 Å². The average Bonchev–Trinajstić information content (AvgIpc) is 2.47. The van der Waals surface area contributed by atoms with E-state index in [1.165, 1.54) is 5.56 Å². The normalized spacial score (nSPS) is 12.3. The van der Waals surface area contributed by atoms with Gasteiger partial charge in [0, 0.05) is 18.2 Å². The maximum Gasteiger partial charge on any atom is 0.0665 e. The Labute approximate surface area is 125 Å². The molecule has 1 aromatic carbocycles. The molecular formula is C15H18Cl2N2. The van der Waals surface area contributed by atoms with Gasteiger partial charge in [0.2, 0.25) is 0 Å². The quantitative estimate of drug-likeness (QED) is 0.757. The zero-order chi connectivity index (χ0) is 14.5. The average molecular weight is 297 g/mol. The highest BCUT2D eigenvalue weighted by molar-refractivity contribution is 6.18. The molecule has 19 heavy (non-hydrogen) atoms. The molecule has 102 valence electrons. The molecule has 0 heterocycles. The van der Waals surface area contributed by atoms with Gasteiger partial charge in [-0.25, -0.2) is 0 Å². The van der Waals surface area contributed by atoms with E-state index < -0.39 is 0 Å². The third-order valence-corrected chi connectivity index (χ3v) is 3.32. The van der Waals surface area contributed by atoms with Crippen molar-refractivity contribution in [2.45, 2.75) is 19.8 Å². The van der Waals surface area contributed by atoms with Crippen LogP contribution in [0.5, 0.6) is 0 Å². The third-order valence-electron chi connectivity index (χ3n) is 2.42. The summed E-state index contributed by atoms with van der Waals surface area (Å²) in [5.41, 5.74) is 1.25. The fraction of sp³-hybridized carbons (Fsp3) is 0.467. The Hall–Kier alpha value is -1.22. The molecule has 4 heteroatoms. The zero-order valence-electron chi connectivity index (χ0n) is 11.0. The molecule has 0 spiro atoms. The Kier molecular flexibility index (Phi) is 11.1. The number of nitrogens with zero attached hydrogens (tertiary/aromatic N) is 2. The molecule has 1 rings (SSSR count). The van der Waals surface area contributed by atoms with Gasteiger partial charge in [0.05, 0.1) is 18.1 Å². The van der Waals surface area contributed by atoms with E-state index in [1.807, 2.05) is 24.3 Å². The van der Waals surface area contributed by atoms with Crippen LogP contribution < -0.4 is 0 Å². The maximum absolute atomic E-state index is 8.54. The van der Waals surface area contributed by atoms with Crippen molar-refractivity contribution in [1.29, 1.82) is 10.5 Å². The van der Waals surface area contributed by atoms with Crippen molar-refractivity contribution < 1.29 is 0 Å². The molecule has 2 atom stereocenters. The van der Waals surface area contributed by atoms with Crippen LogP contribution in [-0.4, -0.2) is 11.8 Å². The Morgan fingerprint density at radius 3 is 2.11 bits per heavy atom. The van der Waals surface area contributed by atoms with Gasteiger partial charge in [0.25, 0.3) is 0 Å². The van der Waals surface area contributed by atoms with Gasteiger partial charge in [-0.3, -0.25) is 0 Å². The van der Waals surface area contributed by atoms with Crippen LogP contribution in [0.4, 0.5) is 0 Å². The smallest absolute Gasteiger partial charge is 0.0665 e. The molecule has 0 saturated carbocycles. The van der Waals surface area contributed by atoms with Crippen molar-refractivity contribution in [3.8, 4) is 12.1 Å². The first-order chi connectivity index (χ1) is 9.17. The van der Waals surface area contributed by atoms with Gasteiger partial charge in [-0.05, 0) is 24.8 Å². The number of benzene rings is 1. The van der Waals surface area contributed by atoms with Gasteiger partial charge in [-0.15, -0.1) is 23.2 Å². The highest BCUT2D eigenvalue weighted by Crippen LogP contribution is 2.13. The van der Waals surface area contributed by atoms with Crippen LogP contribution in [0.25, 0.3) is 0 Å². The molecular weight excluding hydrogens is 279 g/mol. The van der Waals surface area contributed by atoms with E-state index in [9.17, 15) is 0 Å². The Morgan fingerprint density at radius 2 is 1.74 bits per heavy atom. The predicted octanol–water partition coefficient (Wildman–Crippen LogP) is 4.38. The lowest BCUT2D eigenvalue weighted by molar-refractivity contribution is 0.603. The maximum atomic E-state index is 8.54. The van der Waals surface area contributed by atoms with Crippen LogP contribution in [0, 0.1) is 34.5 Å². The molecule has 0 aromatic heterocycles. The molecule has 0 aliphatic rings. The molecule has 0 fully saturated rings. The SMILES string of the molecule is CC(C#N)CCl.N#CCC(CCl)Cc1ccccc1. The lowest BCUT2D eigenvalue weighted by atomic mass is 9.99. The molecule has 0 saturated heterocycles. The minimum Gasteiger partial charge on any atom is -0.198 e. The molecule has 0 bridgehead atoms. The van der Waals surface area contributed by atoms with Crippen molar-refractivity contribution in [1.82, 2.24) is 0 Å². The van der Waals surface area contributed by atoms with E-state index in [1.54, 1.807) is 6.92 Å². The van der Waals surface area contributed by atoms with E-state index in [0.29, 0.717) is 18.2 Å². The molecule has 0 aliphatic carbocycles. The van der Waals surface area contributed by atoms with Gasteiger partial charge >= 0.3 is 0 Å². The molecule has 2 unspecified atom stereocenters. The number of hydrogen-bond donors (Lipinski definition) is 0. The van der Waals surface area contributed by atoms with Crippen LogP contribution >= 0.6 is 23.2 Å². The van der Waals surface area contributed by atoms with Crippen LogP contribution in [0.15, 0.2) is 30.3 Å². The second-order valence-corrected chi connectivity index (χ2v) is 4.87. The third kappa shape index (κ3) is 9.37. The highest BCUT2D eigenvalue weighted by Gasteiger charge is 2.07. The van der Waals surface area contributed by atoms with E-state index in [4.69, 9.17) is 33.7 Å². The lowest BCUT2D eigenvalue weighted by Gasteiger charge is -2.08. The summed E-state index contributed by atoms with van der Waals surface area (Å²) in [6, 6.07) is 14.3. The van der Waals surface area contributed by atoms with Gasteiger partial charge in [0.15, 0.2) is 0 Å². The minimum absolute atomic E-state index is 0.00617.